The number of benzene rings is 1. The number of hydrogen-bond donors (Lipinski definition) is 2. The van der Waals surface area contributed by atoms with Crippen LogP contribution in [0.25, 0.3) is 0 Å². The monoisotopic (exact) mass is 370 g/mol. The standard InChI is InChI=1S/C21H30N4O2/c1-22-21(23-14-15-25-19(26)8-5-9-20(25)27)24-18-12-10-17(11-13-18)16-6-3-2-4-7-16/h2-4,6-7,17-18H,5,8-15H2,1H3,(H2,22,23,24). The number of nitrogens with zero attached hydrogens (tertiary/aromatic N) is 2. The predicted octanol–water partition coefficient (Wildman–Crippen LogP) is 2.42. The Morgan fingerprint density at radius 2 is 1.74 bits per heavy atom. The third-order valence-corrected chi connectivity index (χ3v) is 5.57. The number of carbonyl (C=O) groups excluding carboxylic acids is 2. The quantitative estimate of drug-likeness (QED) is 0.474. The van der Waals surface area contributed by atoms with Crippen LogP contribution in [0, 0.1) is 0 Å². The van der Waals surface area contributed by atoms with Gasteiger partial charge in [-0.25, -0.2) is 0 Å². The highest BCUT2D eigenvalue weighted by molar-refractivity contribution is 5.97. The molecule has 0 unspecified atom stereocenters. The zero-order valence-corrected chi connectivity index (χ0v) is 16.1. The number of piperidine rings is 1. The Morgan fingerprint density at radius 1 is 1.07 bits per heavy atom. The maximum atomic E-state index is 11.8. The van der Waals surface area contributed by atoms with Crippen LogP contribution in [0.2, 0.25) is 0 Å². The molecule has 1 heterocycles. The van der Waals surface area contributed by atoms with Crippen molar-refractivity contribution in [3.63, 3.8) is 0 Å². The fraction of sp³-hybridized carbons (Fsp3) is 0.571. The van der Waals surface area contributed by atoms with E-state index in [0.29, 0.717) is 44.3 Å². The number of aliphatic imine (C=N–C) groups is 1. The molecule has 0 atom stereocenters. The molecule has 1 aliphatic carbocycles. The first kappa shape index (κ1) is 19.4. The molecule has 0 radical (unpaired) electrons. The van der Waals surface area contributed by atoms with Gasteiger partial charge in [-0.2, -0.15) is 0 Å². The summed E-state index contributed by atoms with van der Waals surface area (Å²) >= 11 is 0. The number of guanidine groups is 1. The van der Waals surface area contributed by atoms with Gasteiger partial charge in [0.25, 0.3) is 0 Å². The van der Waals surface area contributed by atoms with Crippen molar-refractivity contribution < 1.29 is 9.59 Å². The van der Waals surface area contributed by atoms with Crippen molar-refractivity contribution in [2.45, 2.75) is 56.9 Å². The summed E-state index contributed by atoms with van der Waals surface area (Å²) in [5.74, 6) is 1.27. The number of nitrogens with one attached hydrogen (secondary N) is 2. The molecule has 2 fully saturated rings. The Balaban J connectivity index is 1.40. The lowest BCUT2D eigenvalue weighted by Gasteiger charge is -2.30. The second kappa shape index (κ2) is 9.53. The summed E-state index contributed by atoms with van der Waals surface area (Å²) in [4.78, 5) is 29.3. The van der Waals surface area contributed by atoms with E-state index >= 15 is 0 Å². The van der Waals surface area contributed by atoms with E-state index in [9.17, 15) is 9.59 Å². The molecule has 2 amide bonds. The van der Waals surface area contributed by atoms with Gasteiger partial charge >= 0.3 is 0 Å². The van der Waals surface area contributed by atoms with Crippen molar-refractivity contribution in [2.24, 2.45) is 4.99 Å². The minimum Gasteiger partial charge on any atom is -0.355 e. The highest BCUT2D eigenvalue weighted by Crippen LogP contribution is 2.32. The lowest BCUT2D eigenvalue weighted by Crippen LogP contribution is -2.48. The van der Waals surface area contributed by atoms with Crippen molar-refractivity contribution in [3.05, 3.63) is 35.9 Å². The van der Waals surface area contributed by atoms with Crippen molar-refractivity contribution >= 4 is 17.8 Å². The van der Waals surface area contributed by atoms with Gasteiger partial charge in [-0.1, -0.05) is 30.3 Å². The van der Waals surface area contributed by atoms with Crippen molar-refractivity contribution in [3.8, 4) is 0 Å². The number of hydrogen-bond acceptors (Lipinski definition) is 3. The second-order valence-electron chi connectivity index (χ2n) is 7.40. The van der Waals surface area contributed by atoms with Crippen LogP contribution in [-0.2, 0) is 9.59 Å². The van der Waals surface area contributed by atoms with Gasteiger partial charge in [-0.3, -0.25) is 19.5 Å². The molecule has 2 aliphatic rings. The number of carbonyl (C=O) groups is 2. The zero-order chi connectivity index (χ0) is 19.1. The van der Waals surface area contributed by atoms with E-state index < -0.39 is 0 Å². The first-order valence-corrected chi connectivity index (χ1v) is 10.0. The Labute approximate surface area is 161 Å². The maximum absolute atomic E-state index is 11.8. The van der Waals surface area contributed by atoms with Crippen LogP contribution in [0.3, 0.4) is 0 Å². The Kier molecular flexibility index (Phi) is 6.85. The molecule has 0 bridgehead atoms. The predicted molar refractivity (Wildman–Crippen MR) is 107 cm³/mol. The van der Waals surface area contributed by atoms with Gasteiger partial charge in [-0.05, 0) is 43.6 Å². The lowest BCUT2D eigenvalue weighted by atomic mass is 9.82. The normalized spacial score (nSPS) is 24.0. The molecule has 1 aliphatic heterocycles. The van der Waals surface area contributed by atoms with E-state index in [1.807, 2.05) is 0 Å². The van der Waals surface area contributed by atoms with Gasteiger partial charge in [-0.15, -0.1) is 0 Å². The largest absolute Gasteiger partial charge is 0.355 e. The Hall–Kier alpha value is -2.37. The average molecular weight is 370 g/mol. The summed E-state index contributed by atoms with van der Waals surface area (Å²) in [5, 5.41) is 6.73. The summed E-state index contributed by atoms with van der Waals surface area (Å²) < 4.78 is 0. The van der Waals surface area contributed by atoms with E-state index in [4.69, 9.17) is 0 Å². The van der Waals surface area contributed by atoms with E-state index in [1.165, 1.54) is 23.3 Å². The topological polar surface area (TPSA) is 73.8 Å². The SMILES string of the molecule is CN=C(NCCN1C(=O)CCCC1=O)NC1CCC(c2ccccc2)CC1. The highest BCUT2D eigenvalue weighted by Gasteiger charge is 2.26. The molecule has 6 nitrogen and oxygen atoms in total. The molecule has 6 heteroatoms. The van der Waals surface area contributed by atoms with E-state index in [0.717, 1.165) is 18.8 Å². The van der Waals surface area contributed by atoms with Crippen molar-refractivity contribution in [2.75, 3.05) is 20.1 Å². The number of imide groups is 1. The van der Waals surface area contributed by atoms with Crippen molar-refractivity contribution in [1.29, 1.82) is 0 Å². The summed E-state index contributed by atoms with van der Waals surface area (Å²) in [6.45, 7) is 0.926. The molecule has 1 aromatic carbocycles. The van der Waals surface area contributed by atoms with Crippen LogP contribution in [0.1, 0.15) is 56.4 Å². The first-order chi connectivity index (χ1) is 13.2. The Morgan fingerprint density at radius 3 is 2.37 bits per heavy atom. The fourth-order valence-corrected chi connectivity index (χ4v) is 4.02. The molecular weight excluding hydrogens is 340 g/mol. The third-order valence-electron chi connectivity index (χ3n) is 5.57. The molecule has 1 saturated carbocycles. The molecule has 0 spiro atoms. The molecule has 2 N–H and O–H groups in total. The van der Waals surface area contributed by atoms with Gasteiger partial charge in [0.1, 0.15) is 0 Å². The van der Waals surface area contributed by atoms with Crippen LogP contribution >= 0.6 is 0 Å². The summed E-state index contributed by atoms with van der Waals surface area (Å²) in [6.07, 6.45) is 6.21. The number of rotatable bonds is 5. The van der Waals surface area contributed by atoms with Gasteiger partial charge in [0, 0.05) is 39.0 Å². The maximum Gasteiger partial charge on any atom is 0.229 e. The second-order valence-corrected chi connectivity index (χ2v) is 7.40. The summed E-state index contributed by atoms with van der Waals surface area (Å²) in [6, 6.07) is 11.2. The minimum atomic E-state index is -0.0600. The van der Waals surface area contributed by atoms with Crippen LogP contribution in [0.4, 0.5) is 0 Å². The molecule has 0 aromatic heterocycles. The molecule has 3 rings (SSSR count). The molecular formula is C21H30N4O2. The minimum absolute atomic E-state index is 0.0600. The number of likely N-dealkylation sites (tertiary alicyclic amines) is 1. The molecule has 1 aromatic rings. The summed E-state index contributed by atoms with van der Waals surface area (Å²) in [7, 11) is 1.75. The van der Waals surface area contributed by atoms with E-state index in [2.05, 4.69) is 46.0 Å². The van der Waals surface area contributed by atoms with Gasteiger partial charge < -0.3 is 10.6 Å². The lowest BCUT2D eigenvalue weighted by molar-refractivity contribution is -0.147. The van der Waals surface area contributed by atoms with E-state index in [-0.39, 0.29) is 11.8 Å². The van der Waals surface area contributed by atoms with E-state index in [1.54, 1.807) is 7.05 Å². The summed E-state index contributed by atoms with van der Waals surface area (Å²) in [5.41, 5.74) is 1.44. The van der Waals surface area contributed by atoms with Gasteiger partial charge in [0.2, 0.25) is 11.8 Å². The average Bonchev–Trinajstić information content (AvgIpc) is 2.70. The molecule has 146 valence electrons. The smallest absolute Gasteiger partial charge is 0.229 e. The van der Waals surface area contributed by atoms with Gasteiger partial charge in [0.15, 0.2) is 5.96 Å². The van der Waals surface area contributed by atoms with Crippen LogP contribution < -0.4 is 10.6 Å². The molecule has 27 heavy (non-hydrogen) atoms. The van der Waals surface area contributed by atoms with Crippen LogP contribution in [-0.4, -0.2) is 48.9 Å². The van der Waals surface area contributed by atoms with Crippen LogP contribution in [0.5, 0.6) is 0 Å². The Bertz CT molecular complexity index is 650. The third kappa shape index (κ3) is 5.31. The number of amides is 2. The van der Waals surface area contributed by atoms with Crippen LogP contribution in [0.15, 0.2) is 35.3 Å². The molecule has 1 saturated heterocycles. The highest BCUT2D eigenvalue weighted by atomic mass is 16.2. The fourth-order valence-electron chi connectivity index (χ4n) is 4.02. The first-order valence-electron chi connectivity index (χ1n) is 10.0. The van der Waals surface area contributed by atoms with Crippen molar-refractivity contribution in [1.82, 2.24) is 15.5 Å². The zero-order valence-electron chi connectivity index (χ0n) is 16.1. The van der Waals surface area contributed by atoms with Gasteiger partial charge in [0.05, 0.1) is 0 Å².